The smallest absolute Gasteiger partial charge is 0.410 e. The SMILES string of the molecule is CC(C)n1nccc1C(=O)N[C@H](C(=O)Nc1ccc([C@H](C)C(=O)N(CCN(C)C(=O)OC(C)(C)C)CC(F)(F)F)cc1F)C(C1CC1)C1CC1. The molecule has 0 bridgehead atoms. The summed E-state index contributed by atoms with van der Waals surface area (Å²) in [6, 6.07) is 4.17. The molecule has 0 spiro atoms. The van der Waals surface area contributed by atoms with Gasteiger partial charge in [-0.3, -0.25) is 19.1 Å². The number of amides is 4. The molecule has 50 heavy (non-hydrogen) atoms. The second kappa shape index (κ2) is 15.4. The fourth-order valence-corrected chi connectivity index (χ4v) is 6.06. The lowest BCUT2D eigenvalue weighted by molar-refractivity contribution is -0.162. The van der Waals surface area contributed by atoms with Gasteiger partial charge in [0.2, 0.25) is 11.8 Å². The molecular weight excluding hydrogens is 660 g/mol. The standard InChI is InChI=1S/C35H48F4N6O5/c1-20(2)45-27(14-15-40-45)30(46)42-29(28(22-8-9-22)23-10-11-23)31(47)41-26-13-12-24(18-25(26)36)21(3)32(48)44(19-35(37,38)39)17-16-43(7)33(49)50-34(4,5)6/h12-15,18,20-23,28-29H,8-11,16-17,19H2,1-7H3,(H,41,47)(H,42,46)/t21-,29-/m0/s1. The Morgan fingerprint density at radius 3 is 2.14 bits per heavy atom. The zero-order valence-electron chi connectivity index (χ0n) is 29.6. The molecule has 4 amide bonds. The molecule has 2 aliphatic rings. The van der Waals surface area contributed by atoms with Gasteiger partial charge in [-0.15, -0.1) is 0 Å². The number of rotatable bonds is 14. The quantitative estimate of drug-likeness (QED) is 0.227. The molecule has 0 aliphatic heterocycles. The lowest BCUT2D eigenvalue weighted by Gasteiger charge is -2.30. The number of hydrogen-bond donors (Lipinski definition) is 2. The summed E-state index contributed by atoms with van der Waals surface area (Å²) in [6.07, 6.45) is -0.237. The summed E-state index contributed by atoms with van der Waals surface area (Å²) in [5.74, 6) is -3.65. The van der Waals surface area contributed by atoms with Crippen LogP contribution >= 0.6 is 0 Å². The number of halogens is 4. The van der Waals surface area contributed by atoms with Crippen molar-refractivity contribution in [3.05, 3.63) is 47.5 Å². The number of carbonyl (C=O) groups is 4. The molecule has 2 saturated carbocycles. The first kappa shape index (κ1) is 38.6. The van der Waals surface area contributed by atoms with Crippen molar-refractivity contribution in [2.24, 2.45) is 17.8 Å². The number of ether oxygens (including phenoxy) is 1. The van der Waals surface area contributed by atoms with Gasteiger partial charge in [0, 0.05) is 32.4 Å². The van der Waals surface area contributed by atoms with Gasteiger partial charge in [0.1, 0.15) is 29.7 Å². The first-order valence-electron chi connectivity index (χ1n) is 17.0. The van der Waals surface area contributed by atoms with E-state index in [1.165, 1.54) is 32.3 Å². The highest BCUT2D eigenvalue weighted by Gasteiger charge is 2.48. The lowest BCUT2D eigenvalue weighted by atomic mass is 9.88. The monoisotopic (exact) mass is 708 g/mol. The Hall–Kier alpha value is -4.17. The molecular formula is C35H48F4N6O5. The van der Waals surface area contributed by atoms with Crippen LogP contribution in [0.3, 0.4) is 0 Å². The molecule has 1 aromatic carbocycles. The van der Waals surface area contributed by atoms with Crippen LogP contribution in [0.15, 0.2) is 30.5 Å². The van der Waals surface area contributed by atoms with Crippen LogP contribution in [-0.2, 0) is 14.3 Å². The van der Waals surface area contributed by atoms with Gasteiger partial charge in [-0.2, -0.15) is 18.3 Å². The van der Waals surface area contributed by atoms with Gasteiger partial charge in [0.15, 0.2) is 0 Å². The zero-order valence-corrected chi connectivity index (χ0v) is 29.6. The summed E-state index contributed by atoms with van der Waals surface area (Å²) in [5.41, 5.74) is -0.617. The van der Waals surface area contributed by atoms with Gasteiger partial charge in [-0.1, -0.05) is 6.07 Å². The predicted octanol–water partition coefficient (Wildman–Crippen LogP) is 6.14. The van der Waals surface area contributed by atoms with E-state index in [9.17, 15) is 32.3 Å². The van der Waals surface area contributed by atoms with E-state index in [1.807, 2.05) is 13.8 Å². The van der Waals surface area contributed by atoms with E-state index in [0.717, 1.165) is 36.6 Å². The van der Waals surface area contributed by atoms with E-state index >= 15 is 4.39 Å². The van der Waals surface area contributed by atoms with Crippen LogP contribution in [0.1, 0.15) is 95.2 Å². The van der Waals surface area contributed by atoms with E-state index in [-0.39, 0.29) is 41.6 Å². The number of aromatic nitrogens is 2. The van der Waals surface area contributed by atoms with Crippen LogP contribution in [0.25, 0.3) is 0 Å². The molecule has 2 atom stereocenters. The Morgan fingerprint density at radius 1 is 1.00 bits per heavy atom. The molecule has 0 unspecified atom stereocenters. The van der Waals surface area contributed by atoms with Gasteiger partial charge in [0.05, 0.1) is 11.6 Å². The van der Waals surface area contributed by atoms with Crippen LogP contribution in [0.4, 0.5) is 28.0 Å². The highest BCUT2D eigenvalue weighted by atomic mass is 19.4. The molecule has 0 radical (unpaired) electrons. The topological polar surface area (TPSA) is 126 Å². The van der Waals surface area contributed by atoms with Crippen molar-refractivity contribution in [2.45, 2.75) is 97.0 Å². The molecule has 2 aromatic rings. The maximum absolute atomic E-state index is 15.5. The number of hydrogen-bond acceptors (Lipinski definition) is 6. The molecule has 2 N–H and O–H groups in total. The number of nitrogens with zero attached hydrogens (tertiary/aromatic N) is 4. The van der Waals surface area contributed by atoms with Crippen molar-refractivity contribution in [3.8, 4) is 0 Å². The van der Waals surface area contributed by atoms with Crippen molar-refractivity contribution in [1.82, 2.24) is 24.9 Å². The third-order valence-corrected chi connectivity index (χ3v) is 8.89. The van der Waals surface area contributed by atoms with Crippen LogP contribution in [-0.4, -0.2) is 87.9 Å². The number of carbonyl (C=O) groups excluding carboxylic acids is 4. The van der Waals surface area contributed by atoms with Gasteiger partial charge < -0.3 is 25.2 Å². The van der Waals surface area contributed by atoms with Gasteiger partial charge in [0.25, 0.3) is 5.91 Å². The Kier molecular flexibility index (Phi) is 11.9. The summed E-state index contributed by atoms with van der Waals surface area (Å²) < 4.78 is 62.8. The van der Waals surface area contributed by atoms with Crippen LogP contribution in [0.2, 0.25) is 0 Å². The predicted molar refractivity (Wildman–Crippen MR) is 178 cm³/mol. The van der Waals surface area contributed by atoms with Gasteiger partial charge in [-0.05, 0) is 109 Å². The van der Waals surface area contributed by atoms with E-state index in [0.29, 0.717) is 10.6 Å². The summed E-state index contributed by atoms with van der Waals surface area (Å²) >= 11 is 0. The van der Waals surface area contributed by atoms with E-state index in [4.69, 9.17) is 4.74 Å². The molecule has 15 heteroatoms. The second-order valence-corrected chi connectivity index (χ2v) is 14.7. The molecule has 0 saturated heterocycles. The number of anilines is 1. The molecule has 1 heterocycles. The maximum Gasteiger partial charge on any atom is 0.410 e. The minimum absolute atomic E-state index is 0.0957. The highest BCUT2D eigenvalue weighted by molar-refractivity contribution is 6.01. The summed E-state index contributed by atoms with van der Waals surface area (Å²) in [7, 11) is 1.35. The van der Waals surface area contributed by atoms with Gasteiger partial charge >= 0.3 is 12.3 Å². The average molecular weight is 709 g/mol. The van der Waals surface area contributed by atoms with E-state index < -0.39 is 66.5 Å². The molecule has 1 aromatic heterocycles. The second-order valence-electron chi connectivity index (χ2n) is 14.7. The van der Waals surface area contributed by atoms with Crippen molar-refractivity contribution in [1.29, 1.82) is 0 Å². The van der Waals surface area contributed by atoms with Crippen LogP contribution in [0.5, 0.6) is 0 Å². The van der Waals surface area contributed by atoms with E-state index in [1.54, 1.807) is 31.5 Å². The zero-order chi connectivity index (χ0) is 37.1. The number of benzene rings is 1. The minimum atomic E-state index is -4.72. The maximum atomic E-state index is 15.5. The molecule has 276 valence electrons. The van der Waals surface area contributed by atoms with E-state index in [2.05, 4.69) is 15.7 Å². The van der Waals surface area contributed by atoms with Crippen molar-refractivity contribution >= 4 is 29.5 Å². The van der Waals surface area contributed by atoms with Gasteiger partial charge in [-0.25, -0.2) is 9.18 Å². The molecule has 11 nitrogen and oxygen atoms in total. The summed E-state index contributed by atoms with van der Waals surface area (Å²) in [6.45, 7) is 7.83. The number of nitrogens with one attached hydrogen (secondary N) is 2. The van der Waals surface area contributed by atoms with Crippen molar-refractivity contribution < 1.29 is 41.5 Å². The molecule has 4 rings (SSSR count). The normalized spacial score (nSPS) is 16.2. The minimum Gasteiger partial charge on any atom is -0.444 e. The Morgan fingerprint density at radius 2 is 1.62 bits per heavy atom. The Balaban J connectivity index is 1.48. The van der Waals surface area contributed by atoms with Crippen LogP contribution < -0.4 is 10.6 Å². The highest BCUT2D eigenvalue weighted by Crippen LogP contribution is 2.51. The first-order valence-corrected chi connectivity index (χ1v) is 17.0. The van der Waals surface area contributed by atoms with Crippen LogP contribution in [0, 0.1) is 23.6 Å². The molecule has 2 aliphatic carbocycles. The fraction of sp³-hybridized carbons (Fsp3) is 0.629. The number of likely N-dealkylation sites (N-methyl/N-ethyl adjacent to an activating group) is 1. The Bertz CT molecular complexity index is 1530. The largest absolute Gasteiger partial charge is 0.444 e. The summed E-state index contributed by atoms with van der Waals surface area (Å²) in [5, 5.41) is 9.72. The third-order valence-electron chi connectivity index (χ3n) is 8.89. The molecule has 2 fully saturated rings. The van der Waals surface area contributed by atoms with Crippen molar-refractivity contribution in [2.75, 3.05) is 32.0 Å². The lowest BCUT2D eigenvalue weighted by Crippen LogP contribution is -2.50. The summed E-state index contributed by atoms with van der Waals surface area (Å²) in [4.78, 5) is 54.5. The van der Waals surface area contributed by atoms with Crippen molar-refractivity contribution in [3.63, 3.8) is 0 Å². The fourth-order valence-electron chi connectivity index (χ4n) is 6.06. The first-order chi connectivity index (χ1) is 23.3. The Labute approximate surface area is 290 Å². The third kappa shape index (κ3) is 10.4. The number of alkyl halides is 3. The average Bonchev–Trinajstić information content (AvgIpc) is 3.96.